The second kappa shape index (κ2) is 5.85. The molecule has 1 aliphatic heterocycles. The van der Waals surface area contributed by atoms with Crippen molar-refractivity contribution in [1.82, 2.24) is 4.98 Å². The predicted octanol–water partition coefficient (Wildman–Crippen LogP) is 3.71. The highest BCUT2D eigenvalue weighted by atomic mass is 16.5. The Bertz CT molecular complexity index is 712. The van der Waals surface area contributed by atoms with Gasteiger partial charge in [0.2, 0.25) is 0 Å². The van der Waals surface area contributed by atoms with E-state index in [4.69, 9.17) is 15.2 Å². The molecule has 23 heavy (non-hydrogen) atoms. The van der Waals surface area contributed by atoms with Crippen molar-refractivity contribution in [2.45, 2.75) is 38.3 Å². The summed E-state index contributed by atoms with van der Waals surface area (Å²) in [4.78, 5) is 4.20. The van der Waals surface area contributed by atoms with Crippen LogP contribution in [0, 0.1) is 5.92 Å². The van der Waals surface area contributed by atoms with Gasteiger partial charge < -0.3 is 15.2 Å². The van der Waals surface area contributed by atoms with Gasteiger partial charge in [-0.15, -0.1) is 0 Å². The number of benzene rings is 1. The molecule has 0 bridgehead atoms. The Labute approximate surface area is 136 Å². The second-order valence-electron chi connectivity index (χ2n) is 6.63. The molecule has 2 heterocycles. The molecule has 1 saturated carbocycles. The Morgan fingerprint density at radius 1 is 1.30 bits per heavy atom. The second-order valence-corrected chi connectivity index (χ2v) is 6.63. The number of aromatic nitrogens is 1. The van der Waals surface area contributed by atoms with E-state index in [9.17, 15) is 0 Å². The van der Waals surface area contributed by atoms with E-state index in [1.807, 2.05) is 37.5 Å². The lowest BCUT2D eigenvalue weighted by atomic mass is 9.95. The first kappa shape index (κ1) is 14.5. The molecule has 1 aromatic heterocycles. The molecular weight excluding hydrogens is 288 g/mol. The summed E-state index contributed by atoms with van der Waals surface area (Å²) in [7, 11) is 0. The van der Waals surface area contributed by atoms with Crippen molar-refractivity contribution >= 4 is 0 Å². The summed E-state index contributed by atoms with van der Waals surface area (Å²) in [6.45, 7) is 2.61. The summed E-state index contributed by atoms with van der Waals surface area (Å²) in [6.07, 6.45) is 7.42. The summed E-state index contributed by atoms with van der Waals surface area (Å²) in [6, 6.07) is 8.18. The highest BCUT2D eigenvalue weighted by Crippen LogP contribution is 2.43. The van der Waals surface area contributed by atoms with Crippen molar-refractivity contribution in [3.63, 3.8) is 0 Å². The fourth-order valence-corrected chi connectivity index (χ4v) is 3.20. The first-order chi connectivity index (χ1) is 11.2. The summed E-state index contributed by atoms with van der Waals surface area (Å²) in [5.41, 5.74) is 9.53. The van der Waals surface area contributed by atoms with Gasteiger partial charge >= 0.3 is 0 Å². The average Bonchev–Trinajstić information content (AvgIpc) is 3.37. The topological polar surface area (TPSA) is 57.4 Å². The Morgan fingerprint density at radius 3 is 3.00 bits per heavy atom. The molecule has 2 atom stereocenters. The van der Waals surface area contributed by atoms with Crippen molar-refractivity contribution in [3.05, 3.63) is 42.2 Å². The maximum Gasteiger partial charge on any atom is 0.131 e. The van der Waals surface area contributed by atoms with Crippen LogP contribution in [0.15, 0.2) is 36.7 Å². The molecule has 4 nitrogen and oxygen atoms in total. The Hall–Kier alpha value is -2.07. The van der Waals surface area contributed by atoms with Crippen LogP contribution in [0.4, 0.5) is 0 Å². The third-order valence-electron chi connectivity index (χ3n) is 4.63. The molecule has 2 aliphatic rings. The molecule has 120 valence electrons. The van der Waals surface area contributed by atoms with Crippen LogP contribution in [-0.2, 0) is 0 Å². The SMILES string of the molecule is CC1Oc2cc(OC[C@@H](N)CC3CC3)ccc2-c2ccncc21. The van der Waals surface area contributed by atoms with Gasteiger partial charge in [-0.1, -0.05) is 12.8 Å². The molecule has 1 aliphatic carbocycles. The van der Waals surface area contributed by atoms with Crippen LogP contribution in [-0.4, -0.2) is 17.6 Å². The normalized spacial score (nSPS) is 20.2. The third-order valence-corrected chi connectivity index (χ3v) is 4.63. The number of rotatable bonds is 5. The number of hydrogen-bond acceptors (Lipinski definition) is 4. The maximum atomic E-state index is 6.12. The summed E-state index contributed by atoms with van der Waals surface area (Å²) in [5, 5.41) is 0. The zero-order valence-electron chi connectivity index (χ0n) is 13.4. The van der Waals surface area contributed by atoms with Crippen molar-refractivity contribution in [1.29, 1.82) is 0 Å². The number of nitrogens with two attached hydrogens (primary N) is 1. The largest absolute Gasteiger partial charge is 0.492 e. The van der Waals surface area contributed by atoms with Crippen LogP contribution in [0.1, 0.15) is 37.9 Å². The summed E-state index contributed by atoms with van der Waals surface area (Å²) < 4.78 is 11.9. The van der Waals surface area contributed by atoms with Gasteiger partial charge in [-0.25, -0.2) is 0 Å². The van der Waals surface area contributed by atoms with Gasteiger partial charge in [-0.3, -0.25) is 4.98 Å². The smallest absolute Gasteiger partial charge is 0.131 e. The van der Waals surface area contributed by atoms with E-state index in [1.165, 1.54) is 18.4 Å². The van der Waals surface area contributed by atoms with Crippen LogP contribution in [0.2, 0.25) is 0 Å². The van der Waals surface area contributed by atoms with E-state index in [-0.39, 0.29) is 12.1 Å². The Kier molecular flexibility index (Phi) is 3.69. The molecule has 1 unspecified atom stereocenters. The summed E-state index contributed by atoms with van der Waals surface area (Å²) in [5.74, 6) is 2.51. The standard InChI is InChI=1S/C19H22N2O2/c1-12-18-10-21-7-6-16(18)17-5-4-15(9-19(17)23-12)22-11-14(20)8-13-2-3-13/h4-7,9-10,12-14H,2-3,8,11,20H2,1H3/t12?,14-/m0/s1. The van der Waals surface area contributed by atoms with E-state index in [0.29, 0.717) is 6.61 Å². The van der Waals surface area contributed by atoms with Crippen LogP contribution in [0.25, 0.3) is 11.1 Å². The minimum Gasteiger partial charge on any atom is -0.492 e. The number of ether oxygens (including phenoxy) is 2. The van der Waals surface area contributed by atoms with Gasteiger partial charge in [0, 0.05) is 35.6 Å². The zero-order valence-corrected chi connectivity index (χ0v) is 13.4. The number of hydrogen-bond donors (Lipinski definition) is 1. The number of fused-ring (bicyclic) bond motifs is 3. The van der Waals surface area contributed by atoms with E-state index in [1.54, 1.807) is 0 Å². The molecular formula is C19H22N2O2. The lowest BCUT2D eigenvalue weighted by Gasteiger charge is -2.26. The zero-order chi connectivity index (χ0) is 15.8. The highest BCUT2D eigenvalue weighted by Gasteiger charge is 2.25. The first-order valence-electron chi connectivity index (χ1n) is 8.34. The summed E-state index contributed by atoms with van der Waals surface area (Å²) >= 11 is 0. The minimum absolute atomic E-state index is 0.00132. The number of nitrogens with zero attached hydrogens (tertiary/aromatic N) is 1. The molecule has 0 amide bonds. The fraction of sp³-hybridized carbons (Fsp3) is 0.421. The highest BCUT2D eigenvalue weighted by molar-refractivity contribution is 5.76. The lowest BCUT2D eigenvalue weighted by Crippen LogP contribution is -2.28. The van der Waals surface area contributed by atoms with Gasteiger partial charge in [0.25, 0.3) is 0 Å². The van der Waals surface area contributed by atoms with Crippen molar-refractivity contribution in [2.24, 2.45) is 11.7 Å². The third kappa shape index (κ3) is 3.04. The van der Waals surface area contributed by atoms with Crippen molar-refractivity contribution in [2.75, 3.05) is 6.61 Å². The Morgan fingerprint density at radius 2 is 2.17 bits per heavy atom. The Balaban J connectivity index is 1.51. The number of pyridine rings is 1. The molecule has 2 aromatic rings. The van der Waals surface area contributed by atoms with Crippen LogP contribution in [0.3, 0.4) is 0 Å². The molecule has 4 heteroatoms. The van der Waals surface area contributed by atoms with Gasteiger partial charge in [0.1, 0.15) is 24.2 Å². The molecule has 0 radical (unpaired) electrons. The molecule has 0 saturated heterocycles. The molecule has 2 N–H and O–H groups in total. The average molecular weight is 310 g/mol. The van der Waals surface area contributed by atoms with E-state index >= 15 is 0 Å². The molecule has 1 fully saturated rings. The van der Waals surface area contributed by atoms with Gasteiger partial charge in [0.15, 0.2) is 0 Å². The monoisotopic (exact) mass is 310 g/mol. The van der Waals surface area contributed by atoms with Crippen molar-refractivity contribution in [3.8, 4) is 22.6 Å². The molecule has 1 aromatic carbocycles. The van der Waals surface area contributed by atoms with E-state index < -0.39 is 0 Å². The fourth-order valence-electron chi connectivity index (χ4n) is 3.20. The van der Waals surface area contributed by atoms with E-state index in [0.717, 1.165) is 35.0 Å². The van der Waals surface area contributed by atoms with Crippen LogP contribution in [0.5, 0.6) is 11.5 Å². The van der Waals surface area contributed by atoms with Crippen molar-refractivity contribution < 1.29 is 9.47 Å². The quantitative estimate of drug-likeness (QED) is 0.914. The van der Waals surface area contributed by atoms with Gasteiger partial charge in [-0.05, 0) is 43.0 Å². The van der Waals surface area contributed by atoms with Gasteiger partial charge in [-0.2, -0.15) is 0 Å². The first-order valence-corrected chi connectivity index (χ1v) is 8.34. The molecule has 0 spiro atoms. The van der Waals surface area contributed by atoms with Crippen LogP contribution < -0.4 is 15.2 Å². The van der Waals surface area contributed by atoms with Gasteiger partial charge in [0.05, 0.1) is 0 Å². The minimum atomic E-state index is -0.00132. The maximum absolute atomic E-state index is 6.12. The van der Waals surface area contributed by atoms with E-state index in [2.05, 4.69) is 11.1 Å². The molecule has 4 rings (SSSR count). The lowest BCUT2D eigenvalue weighted by molar-refractivity contribution is 0.220. The predicted molar refractivity (Wildman–Crippen MR) is 89.5 cm³/mol. The van der Waals surface area contributed by atoms with Crippen LogP contribution >= 0.6 is 0 Å².